The summed E-state index contributed by atoms with van der Waals surface area (Å²) in [6, 6.07) is 12.0. The lowest BCUT2D eigenvalue weighted by Gasteiger charge is -2.29. The lowest BCUT2D eigenvalue weighted by atomic mass is 9.92. The lowest BCUT2D eigenvalue weighted by Crippen LogP contribution is -2.46. The van der Waals surface area contributed by atoms with E-state index in [1.807, 2.05) is 44.2 Å². The first-order valence-electron chi connectivity index (χ1n) is 6.51. The van der Waals surface area contributed by atoms with E-state index >= 15 is 0 Å². The van der Waals surface area contributed by atoms with Crippen molar-refractivity contribution in [2.24, 2.45) is 0 Å². The third-order valence-corrected chi connectivity index (χ3v) is 2.92. The Morgan fingerprint density at radius 1 is 1.37 bits per heavy atom. The highest BCUT2D eigenvalue weighted by Gasteiger charge is 2.32. The van der Waals surface area contributed by atoms with Gasteiger partial charge in [-0.3, -0.25) is 5.32 Å². The second-order valence-electron chi connectivity index (χ2n) is 4.49. The molecule has 2 atom stereocenters. The van der Waals surface area contributed by atoms with Crippen LogP contribution in [-0.4, -0.2) is 33.0 Å². The predicted molar refractivity (Wildman–Crippen MR) is 74.7 cm³/mol. The van der Waals surface area contributed by atoms with Crippen molar-refractivity contribution in [3.63, 3.8) is 0 Å². The third kappa shape index (κ3) is 4.32. The van der Waals surface area contributed by atoms with Crippen LogP contribution in [0.3, 0.4) is 0 Å². The summed E-state index contributed by atoms with van der Waals surface area (Å²) < 4.78 is 10.8. The van der Waals surface area contributed by atoms with Crippen LogP contribution >= 0.6 is 0 Å². The fraction of sp³-hybridized carbons (Fsp3) is 0.533. The molecule has 0 aromatic heterocycles. The second-order valence-corrected chi connectivity index (χ2v) is 4.49. The Labute approximate surface area is 115 Å². The summed E-state index contributed by atoms with van der Waals surface area (Å²) in [5.41, 5.74) is 0.113. The fourth-order valence-electron chi connectivity index (χ4n) is 1.95. The highest BCUT2D eigenvalue weighted by Crippen LogP contribution is 2.21. The smallest absolute Gasteiger partial charge is 0.155 e. The Bertz CT molecular complexity index is 402. The number of nitrogens with zero attached hydrogens (tertiary/aromatic N) is 1. The molecule has 104 valence electrons. The highest BCUT2D eigenvalue weighted by atomic mass is 16.5. The maximum absolute atomic E-state index is 9.58. The van der Waals surface area contributed by atoms with Crippen molar-refractivity contribution in [3.8, 4) is 6.07 Å². The summed E-state index contributed by atoms with van der Waals surface area (Å²) in [5.74, 6) is 0. The van der Waals surface area contributed by atoms with Crippen molar-refractivity contribution in [2.45, 2.75) is 25.5 Å². The van der Waals surface area contributed by atoms with Gasteiger partial charge in [0, 0.05) is 7.11 Å². The minimum absolute atomic E-state index is 0.0416. The first-order chi connectivity index (χ1) is 9.18. The van der Waals surface area contributed by atoms with Crippen LogP contribution in [0.25, 0.3) is 0 Å². The minimum Gasteiger partial charge on any atom is -0.382 e. The first-order valence-corrected chi connectivity index (χ1v) is 6.51. The predicted octanol–water partition coefficient (Wildman–Crippen LogP) is 2.07. The molecule has 0 aliphatic heterocycles. The van der Waals surface area contributed by atoms with Crippen LogP contribution in [-0.2, 0) is 15.0 Å². The molecule has 0 bridgehead atoms. The van der Waals surface area contributed by atoms with Gasteiger partial charge in [0.1, 0.15) is 0 Å². The molecule has 0 saturated carbocycles. The maximum atomic E-state index is 9.58. The van der Waals surface area contributed by atoms with Crippen LogP contribution in [0.1, 0.15) is 19.4 Å². The molecule has 0 radical (unpaired) electrons. The number of nitriles is 1. The van der Waals surface area contributed by atoms with Crippen molar-refractivity contribution < 1.29 is 9.47 Å². The van der Waals surface area contributed by atoms with E-state index in [4.69, 9.17) is 9.47 Å². The standard InChI is InChI=1S/C15H22N2O2/c1-4-17-15(11-16,12-19-13(2)10-18-3)14-8-6-5-7-9-14/h5-9,13,17H,4,10,12H2,1-3H3. The van der Waals surface area contributed by atoms with Gasteiger partial charge in [0.25, 0.3) is 0 Å². The van der Waals surface area contributed by atoms with Gasteiger partial charge in [0.15, 0.2) is 5.54 Å². The van der Waals surface area contributed by atoms with Gasteiger partial charge in [0.2, 0.25) is 0 Å². The van der Waals surface area contributed by atoms with Crippen molar-refractivity contribution >= 4 is 0 Å². The highest BCUT2D eigenvalue weighted by molar-refractivity contribution is 5.31. The summed E-state index contributed by atoms with van der Waals surface area (Å²) in [6.07, 6.45) is -0.0416. The van der Waals surface area contributed by atoms with Crippen LogP contribution in [0.15, 0.2) is 30.3 Å². The molecule has 0 aliphatic rings. The third-order valence-electron chi connectivity index (χ3n) is 2.92. The maximum Gasteiger partial charge on any atom is 0.155 e. The van der Waals surface area contributed by atoms with Crippen LogP contribution in [0.2, 0.25) is 0 Å². The monoisotopic (exact) mass is 262 g/mol. The van der Waals surface area contributed by atoms with Gasteiger partial charge in [0.05, 0.1) is 25.4 Å². The Hall–Kier alpha value is -1.41. The van der Waals surface area contributed by atoms with E-state index in [-0.39, 0.29) is 6.10 Å². The molecule has 0 saturated heterocycles. The SMILES string of the molecule is CCNC(C#N)(COC(C)COC)c1ccccc1. The van der Waals surface area contributed by atoms with E-state index in [0.717, 1.165) is 5.56 Å². The van der Waals surface area contributed by atoms with E-state index in [0.29, 0.717) is 19.8 Å². The zero-order valence-corrected chi connectivity index (χ0v) is 11.8. The largest absolute Gasteiger partial charge is 0.382 e. The Balaban J connectivity index is 2.85. The number of hydrogen-bond donors (Lipinski definition) is 1. The van der Waals surface area contributed by atoms with E-state index in [1.54, 1.807) is 7.11 Å². The van der Waals surface area contributed by atoms with Gasteiger partial charge in [-0.1, -0.05) is 37.3 Å². The van der Waals surface area contributed by atoms with E-state index in [2.05, 4.69) is 11.4 Å². The van der Waals surface area contributed by atoms with Gasteiger partial charge < -0.3 is 9.47 Å². The molecule has 19 heavy (non-hydrogen) atoms. The van der Waals surface area contributed by atoms with Gasteiger partial charge in [-0.25, -0.2) is 0 Å². The number of likely N-dealkylation sites (N-methyl/N-ethyl adjacent to an activating group) is 1. The van der Waals surface area contributed by atoms with Gasteiger partial charge in [-0.2, -0.15) is 5.26 Å². The quantitative estimate of drug-likeness (QED) is 0.779. The topological polar surface area (TPSA) is 54.3 Å². The van der Waals surface area contributed by atoms with Crippen LogP contribution in [0.5, 0.6) is 0 Å². The number of methoxy groups -OCH3 is 1. The van der Waals surface area contributed by atoms with Crippen LogP contribution < -0.4 is 5.32 Å². The zero-order chi connectivity index (χ0) is 14.1. The number of hydrogen-bond acceptors (Lipinski definition) is 4. The molecule has 1 aromatic carbocycles. The average Bonchev–Trinajstić information content (AvgIpc) is 2.45. The zero-order valence-electron chi connectivity index (χ0n) is 11.8. The molecular formula is C15H22N2O2. The number of ether oxygens (including phenoxy) is 2. The first kappa shape index (κ1) is 15.6. The molecule has 1 aromatic rings. The molecule has 1 rings (SSSR count). The van der Waals surface area contributed by atoms with Crippen LogP contribution in [0.4, 0.5) is 0 Å². The number of benzene rings is 1. The molecule has 1 N–H and O–H groups in total. The molecule has 2 unspecified atom stereocenters. The Morgan fingerprint density at radius 3 is 2.58 bits per heavy atom. The number of rotatable bonds is 8. The van der Waals surface area contributed by atoms with E-state index < -0.39 is 5.54 Å². The number of nitrogens with one attached hydrogen (secondary N) is 1. The summed E-state index contributed by atoms with van der Waals surface area (Å²) in [7, 11) is 1.64. The molecule has 0 amide bonds. The average molecular weight is 262 g/mol. The van der Waals surface area contributed by atoms with Gasteiger partial charge >= 0.3 is 0 Å². The minimum atomic E-state index is -0.808. The normalized spacial score (nSPS) is 15.5. The van der Waals surface area contributed by atoms with E-state index in [9.17, 15) is 5.26 Å². The molecule has 4 heteroatoms. The molecule has 0 aliphatic carbocycles. The van der Waals surface area contributed by atoms with Crippen molar-refractivity contribution in [3.05, 3.63) is 35.9 Å². The molecular weight excluding hydrogens is 240 g/mol. The van der Waals surface area contributed by atoms with Crippen molar-refractivity contribution in [1.29, 1.82) is 5.26 Å². The Morgan fingerprint density at radius 2 is 2.05 bits per heavy atom. The second kappa shape index (κ2) is 7.90. The molecule has 4 nitrogen and oxygen atoms in total. The summed E-state index contributed by atoms with van der Waals surface area (Å²) >= 11 is 0. The summed E-state index contributed by atoms with van der Waals surface area (Å²) in [6.45, 7) is 5.43. The van der Waals surface area contributed by atoms with Gasteiger partial charge in [-0.15, -0.1) is 0 Å². The fourth-order valence-corrected chi connectivity index (χ4v) is 1.95. The van der Waals surface area contributed by atoms with Gasteiger partial charge in [-0.05, 0) is 19.0 Å². The summed E-state index contributed by atoms with van der Waals surface area (Å²) in [5, 5.41) is 12.8. The van der Waals surface area contributed by atoms with Crippen molar-refractivity contribution in [1.82, 2.24) is 5.32 Å². The Kier molecular flexibility index (Phi) is 6.51. The molecule has 0 heterocycles. The van der Waals surface area contributed by atoms with E-state index in [1.165, 1.54) is 0 Å². The lowest BCUT2D eigenvalue weighted by molar-refractivity contribution is -0.0109. The van der Waals surface area contributed by atoms with Crippen molar-refractivity contribution in [2.75, 3.05) is 26.9 Å². The molecule has 0 fully saturated rings. The summed E-state index contributed by atoms with van der Waals surface area (Å²) in [4.78, 5) is 0. The molecule has 0 spiro atoms. The van der Waals surface area contributed by atoms with Crippen LogP contribution in [0, 0.1) is 11.3 Å².